The molecule has 4 rings (SSSR count). The van der Waals surface area contributed by atoms with Crippen molar-refractivity contribution >= 4 is 28.6 Å². The second-order valence-electron chi connectivity index (χ2n) is 7.62. The highest BCUT2D eigenvalue weighted by Gasteiger charge is 2.27. The third kappa shape index (κ3) is 4.47. The topological polar surface area (TPSA) is 76.4 Å². The van der Waals surface area contributed by atoms with Crippen LogP contribution in [0.2, 0.25) is 0 Å². The van der Waals surface area contributed by atoms with Crippen molar-refractivity contribution in [3.05, 3.63) is 77.7 Å². The first-order chi connectivity index (χ1) is 16.1. The number of fused-ring (bicyclic) bond motifs is 1. The van der Waals surface area contributed by atoms with Gasteiger partial charge < -0.3 is 19.7 Å². The number of thioether (sulfide) groups is 1. The number of phenols is 1. The lowest BCUT2D eigenvalue weighted by molar-refractivity contribution is 0.0527. The summed E-state index contributed by atoms with van der Waals surface area (Å²) in [5.41, 5.74) is 4.40. The molecule has 7 heteroatoms. The molecular formula is C26H27N3O3S. The summed E-state index contributed by atoms with van der Waals surface area (Å²) >= 11 is 1.66. The average molecular weight is 462 g/mol. The number of rotatable bonds is 8. The molecule has 0 radical (unpaired) electrons. The van der Waals surface area contributed by atoms with Crippen LogP contribution in [0.25, 0.3) is 22.0 Å². The van der Waals surface area contributed by atoms with Crippen molar-refractivity contribution in [1.29, 1.82) is 0 Å². The molecule has 0 unspecified atom stereocenters. The fraction of sp³-hybridized carbons (Fsp3) is 0.231. The van der Waals surface area contributed by atoms with Crippen LogP contribution in [-0.4, -0.2) is 34.3 Å². The normalized spacial score (nSPS) is 11.1. The Labute approximate surface area is 197 Å². The van der Waals surface area contributed by atoms with E-state index in [1.807, 2.05) is 55.1 Å². The molecule has 2 heterocycles. The van der Waals surface area contributed by atoms with Gasteiger partial charge in [-0.2, -0.15) is 0 Å². The highest BCUT2D eigenvalue weighted by molar-refractivity contribution is 7.98. The molecule has 2 aromatic heterocycles. The maximum atomic E-state index is 13.2. The van der Waals surface area contributed by atoms with Crippen molar-refractivity contribution in [3.63, 3.8) is 0 Å². The van der Waals surface area contributed by atoms with Gasteiger partial charge in [0, 0.05) is 64.4 Å². The van der Waals surface area contributed by atoms with E-state index in [1.54, 1.807) is 31.1 Å². The number of aromatic nitrogens is 2. The molecule has 4 aromatic rings. The summed E-state index contributed by atoms with van der Waals surface area (Å²) in [5.74, 6) is 0.353. The molecule has 0 spiro atoms. The summed E-state index contributed by atoms with van der Waals surface area (Å²) in [6.45, 7) is 2.48. The van der Waals surface area contributed by atoms with Crippen molar-refractivity contribution in [2.45, 2.75) is 24.1 Å². The summed E-state index contributed by atoms with van der Waals surface area (Å²) in [7, 11) is 3.78. The molecule has 0 bridgehead atoms. The zero-order valence-electron chi connectivity index (χ0n) is 19.0. The van der Waals surface area contributed by atoms with Gasteiger partial charge in [0.15, 0.2) is 0 Å². The number of carbonyl (C=O) groups is 1. The van der Waals surface area contributed by atoms with Crippen LogP contribution in [0.4, 0.5) is 0 Å². The summed E-state index contributed by atoms with van der Waals surface area (Å²) < 4.78 is 7.49. The predicted octanol–water partition coefficient (Wildman–Crippen LogP) is 5.13. The minimum Gasteiger partial charge on any atom is -0.507 e. The summed E-state index contributed by atoms with van der Waals surface area (Å²) in [4.78, 5) is 18.5. The van der Waals surface area contributed by atoms with Gasteiger partial charge in [0.2, 0.25) is 0 Å². The van der Waals surface area contributed by atoms with Crippen LogP contribution in [0.1, 0.15) is 28.5 Å². The molecule has 33 heavy (non-hydrogen) atoms. The van der Waals surface area contributed by atoms with Crippen molar-refractivity contribution in [3.8, 4) is 16.9 Å². The number of esters is 1. The minimum atomic E-state index is -0.377. The Morgan fingerprint density at radius 1 is 1.21 bits per heavy atom. The zero-order valence-corrected chi connectivity index (χ0v) is 19.8. The molecule has 0 aliphatic carbocycles. The number of aromatic hydroxyl groups is 1. The Bertz CT molecular complexity index is 1270. The fourth-order valence-corrected chi connectivity index (χ4v) is 5.06. The molecule has 0 fully saturated rings. The van der Waals surface area contributed by atoms with Crippen molar-refractivity contribution in [1.82, 2.24) is 14.9 Å². The minimum absolute atomic E-state index is 0.142. The van der Waals surface area contributed by atoms with Gasteiger partial charge in [-0.05, 0) is 38.2 Å². The van der Waals surface area contributed by atoms with Crippen molar-refractivity contribution in [2.24, 2.45) is 7.05 Å². The number of carbonyl (C=O) groups excluding carboxylic acids is 1. The molecule has 0 saturated carbocycles. The Morgan fingerprint density at radius 3 is 2.67 bits per heavy atom. The second-order valence-corrected chi connectivity index (χ2v) is 8.67. The molecule has 2 N–H and O–H groups in total. The third-order valence-corrected chi connectivity index (χ3v) is 6.63. The summed E-state index contributed by atoms with van der Waals surface area (Å²) in [6, 6.07) is 15.8. The smallest absolute Gasteiger partial charge is 0.340 e. The van der Waals surface area contributed by atoms with Gasteiger partial charge in [-0.1, -0.05) is 24.3 Å². The molecule has 0 aliphatic heterocycles. The van der Waals surface area contributed by atoms with Crippen LogP contribution in [-0.2, 0) is 24.1 Å². The van der Waals surface area contributed by atoms with Crippen LogP contribution >= 0.6 is 11.8 Å². The lowest BCUT2D eigenvalue weighted by Crippen LogP contribution is -2.10. The van der Waals surface area contributed by atoms with Crippen molar-refractivity contribution in [2.75, 3.05) is 13.7 Å². The Balaban J connectivity index is 1.96. The number of benzene rings is 2. The maximum absolute atomic E-state index is 13.2. The predicted molar refractivity (Wildman–Crippen MR) is 133 cm³/mol. The zero-order chi connectivity index (χ0) is 23.4. The van der Waals surface area contributed by atoms with E-state index < -0.39 is 0 Å². The van der Waals surface area contributed by atoms with E-state index in [1.165, 1.54) is 0 Å². The van der Waals surface area contributed by atoms with Gasteiger partial charge in [0.05, 0.1) is 17.7 Å². The Kier molecular flexibility index (Phi) is 7.01. The number of aryl methyl sites for hydroxylation is 1. The standard InChI is InChI=1S/C26H27N3O3S/c1-4-32-26(31)24-22(16-33-18-10-6-5-7-11-18)29(3)21-13-19(17-9-8-12-28-14-17)25(30)20(15-27-2)23(21)24/h5-14,27,30H,4,15-16H2,1-3H3. The van der Waals surface area contributed by atoms with E-state index in [0.717, 1.165) is 27.1 Å². The first-order valence-corrected chi connectivity index (χ1v) is 11.8. The van der Waals surface area contributed by atoms with Gasteiger partial charge in [-0.3, -0.25) is 4.98 Å². The van der Waals surface area contributed by atoms with Crippen LogP contribution in [0, 0.1) is 0 Å². The van der Waals surface area contributed by atoms with E-state index in [9.17, 15) is 9.90 Å². The van der Waals surface area contributed by atoms with Gasteiger partial charge in [-0.15, -0.1) is 11.8 Å². The van der Waals surface area contributed by atoms with Crippen LogP contribution in [0.3, 0.4) is 0 Å². The van der Waals surface area contributed by atoms with Crippen LogP contribution < -0.4 is 5.32 Å². The average Bonchev–Trinajstić information content (AvgIpc) is 3.12. The molecule has 0 amide bonds. The SMILES string of the molecule is CCOC(=O)c1c(CSc2ccccc2)n(C)c2cc(-c3cccnc3)c(O)c(CNC)c12. The Hall–Kier alpha value is -3.29. The number of nitrogens with zero attached hydrogens (tertiary/aromatic N) is 2. The monoisotopic (exact) mass is 461 g/mol. The molecule has 0 aliphatic rings. The summed E-state index contributed by atoms with van der Waals surface area (Å²) in [6.07, 6.45) is 3.43. The van der Waals surface area contributed by atoms with Gasteiger partial charge in [0.1, 0.15) is 5.75 Å². The second kappa shape index (κ2) is 10.1. The van der Waals surface area contributed by atoms with E-state index >= 15 is 0 Å². The molecule has 2 aromatic carbocycles. The lowest BCUT2D eigenvalue weighted by atomic mass is 9.97. The van der Waals surface area contributed by atoms with E-state index in [2.05, 4.69) is 22.4 Å². The van der Waals surface area contributed by atoms with Crippen LogP contribution in [0.5, 0.6) is 5.75 Å². The number of nitrogens with one attached hydrogen (secondary N) is 1. The van der Waals surface area contributed by atoms with E-state index in [-0.39, 0.29) is 18.3 Å². The van der Waals surface area contributed by atoms with E-state index in [4.69, 9.17) is 4.74 Å². The molecular weight excluding hydrogens is 434 g/mol. The highest BCUT2D eigenvalue weighted by atomic mass is 32.2. The first kappa shape index (κ1) is 22.9. The fourth-order valence-electron chi connectivity index (χ4n) is 4.07. The molecule has 0 atom stereocenters. The summed E-state index contributed by atoms with van der Waals surface area (Å²) in [5, 5.41) is 15.1. The number of pyridine rings is 1. The number of phenolic OH excluding ortho intramolecular Hbond substituents is 1. The largest absolute Gasteiger partial charge is 0.507 e. The van der Waals surface area contributed by atoms with Gasteiger partial charge >= 0.3 is 5.97 Å². The number of hydrogen-bond acceptors (Lipinski definition) is 6. The van der Waals surface area contributed by atoms with Crippen LogP contribution in [0.15, 0.2) is 65.8 Å². The highest BCUT2D eigenvalue weighted by Crippen LogP contribution is 2.42. The Morgan fingerprint density at radius 2 is 2.00 bits per heavy atom. The molecule has 0 saturated heterocycles. The first-order valence-electron chi connectivity index (χ1n) is 10.8. The van der Waals surface area contributed by atoms with Gasteiger partial charge in [-0.25, -0.2) is 4.79 Å². The van der Waals surface area contributed by atoms with Gasteiger partial charge in [0.25, 0.3) is 0 Å². The number of hydrogen-bond donors (Lipinski definition) is 2. The maximum Gasteiger partial charge on any atom is 0.340 e. The van der Waals surface area contributed by atoms with Crippen molar-refractivity contribution < 1.29 is 14.6 Å². The quantitative estimate of drug-likeness (QED) is 0.280. The third-order valence-electron chi connectivity index (χ3n) is 5.61. The lowest BCUT2D eigenvalue weighted by Gasteiger charge is -2.13. The molecule has 6 nitrogen and oxygen atoms in total. The van der Waals surface area contributed by atoms with E-state index in [0.29, 0.717) is 29.0 Å². The molecule has 170 valence electrons. The number of ether oxygens (including phenoxy) is 1.